The summed E-state index contributed by atoms with van der Waals surface area (Å²) in [4.78, 5) is 9.87. The van der Waals surface area contributed by atoms with Crippen molar-refractivity contribution in [1.82, 2.24) is 14.3 Å². The van der Waals surface area contributed by atoms with Crippen molar-refractivity contribution in [2.45, 2.75) is 43.4 Å². The number of nitrogens with one attached hydrogen (secondary N) is 1. The fourth-order valence-electron chi connectivity index (χ4n) is 3.64. The summed E-state index contributed by atoms with van der Waals surface area (Å²) in [6.07, 6.45) is 15.8. The minimum absolute atomic E-state index is 0.420. The Kier molecular flexibility index (Phi) is 10.5. The van der Waals surface area contributed by atoms with Crippen molar-refractivity contribution in [2.24, 2.45) is 0 Å². The standard InChI is InChI=1S/C20H23N5OS.C6H12/c1-3-5-16(4-2)23-20-22-14-18(19(21)24-20)15-6-8-17(9-7-15)27-25-10-12-26-13-11-25;1-2-4-6-5-3-1/h3-9,14H,1-2,10-13H2,(H3,21,22,23,24);1-6H2/b16-5+;. The molecule has 1 saturated heterocycles. The first-order chi connectivity index (χ1) is 16.2. The van der Waals surface area contributed by atoms with E-state index in [1.54, 1.807) is 36.4 Å². The van der Waals surface area contributed by atoms with Crippen molar-refractivity contribution >= 4 is 23.7 Å². The molecule has 0 atom stereocenters. The molecule has 4 rings (SSSR count). The van der Waals surface area contributed by atoms with Gasteiger partial charge in [-0.25, -0.2) is 9.29 Å². The average molecular weight is 466 g/mol. The third-order valence-electron chi connectivity index (χ3n) is 5.46. The van der Waals surface area contributed by atoms with Gasteiger partial charge >= 0.3 is 0 Å². The monoisotopic (exact) mass is 465 g/mol. The van der Waals surface area contributed by atoms with Crippen molar-refractivity contribution in [3.63, 3.8) is 0 Å². The first kappa shape index (κ1) is 25.0. The maximum Gasteiger partial charge on any atom is 0.229 e. The van der Waals surface area contributed by atoms with Crippen LogP contribution in [0, 0.1) is 0 Å². The Bertz CT molecular complexity index is 907. The highest BCUT2D eigenvalue weighted by molar-refractivity contribution is 7.97. The van der Waals surface area contributed by atoms with Crippen LogP contribution in [0.5, 0.6) is 0 Å². The van der Waals surface area contributed by atoms with E-state index >= 15 is 0 Å². The third kappa shape index (κ3) is 8.35. The molecule has 33 heavy (non-hydrogen) atoms. The van der Waals surface area contributed by atoms with Gasteiger partial charge in [0.05, 0.1) is 13.2 Å². The maximum atomic E-state index is 6.15. The highest BCUT2D eigenvalue weighted by Gasteiger charge is 2.12. The highest BCUT2D eigenvalue weighted by Crippen LogP contribution is 2.29. The Hall–Kier alpha value is -2.61. The third-order valence-corrected chi connectivity index (χ3v) is 6.57. The predicted octanol–water partition coefficient (Wildman–Crippen LogP) is 6.07. The molecule has 0 amide bonds. The van der Waals surface area contributed by atoms with E-state index in [-0.39, 0.29) is 0 Å². The summed E-state index contributed by atoms with van der Waals surface area (Å²) in [5.41, 5.74) is 8.68. The number of anilines is 2. The Labute approximate surface area is 202 Å². The molecule has 0 bridgehead atoms. The zero-order chi connectivity index (χ0) is 23.3. The van der Waals surface area contributed by atoms with E-state index < -0.39 is 0 Å². The van der Waals surface area contributed by atoms with Gasteiger partial charge in [0, 0.05) is 35.4 Å². The topological polar surface area (TPSA) is 76.3 Å². The Morgan fingerprint density at radius 2 is 1.67 bits per heavy atom. The van der Waals surface area contributed by atoms with Crippen LogP contribution in [0.4, 0.5) is 11.8 Å². The summed E-state index contributed by atoms with van der Waals surface area (Å²) in [6.45, 7) is 10.9. The van der Waals surface area contributed by atoms with Crippen LogP contribution in [0.2, 0.25) is 0 Å². The molecular formula is C26H35N5OS. The van der Waals surface area contributed by atoms with Gasteiger partial charge in [0.1, 0.15) is 5.82 Å². The van der Waals surface area contributed by atoms with Gasteiger partial charge < -0.3 is 15.8 Å². The minimum atomic E-state index is 0.420. The Morgan fingerprint density at radius 3 is 2.21 bits per heavy atom. The number of nitrogen functional groups attached to an aromatic ring is 1. The lowest BCUT2D eigenvalue weighted by atomic mass is 10.0. The molecule has 2 aliphatic rings. The number of morpholine rings is 1. The molecular weight excluding hydrogens is 430 g/mol. The van der Waals surface area contributed by atoms with Crippen LogP contribution in [0.1, 0.15) is 38.5 Å². The summed E-state index contributed by atoms with van der Waals surface area (Å²) in [7, 11) is 0. The van der Waals surface area contributed by atoms with Gasteiger partial charge in [0.15, 0.2) is 0 Å². The van der Waals surface area contributed by atoms with Gasteiger partial charge in [-0.2, -0.15) is 4.98 Å². The van der Waals surface area contributed by atoms with Gasteiger partial charge in [-0.05, 0) is 41.8 Å². The Morgan fingerprint density at radius 1 is 1.03 bits per heavy atom. The zero-order valence-corrected chi connectivity index (χ0v) is 20.2. The molecule has 1 aliphatic carbocycles. The number of nitrogens with zero attached hydrogens (tertiary/aromatic N) is 3. The molecule has 0 spiro atoms. The van der Waals surface area contributed by atoms with E-state index in [1.165, 1.54) is 43.4 Å². The molecule has 6 nitrogen and oxygen atoms in total. The summed E-state index contributed by atoms with van der Waals surface area (Å²) in [5.74, 6) is 0.840. The molecule has 2 heterocycles. The second-order valence-corrected chi connectivity index (χ2v) is 9.13. The van der Waals surface area contributed by atoms with Gasteiger partial charge in [-0.1, -0.05) is 69.9 Å². The van der Waals surface area contributed by atoms with Gasteiger partial charge in [0.25, 0.3) is 0 Å². The van der Waals surface area contributed by atoms with Crippen LogP contribution < -0.4 is 11.1 Å². The lowest BCUT2D eigenvalue weighted by Crippen LogP contribution is -2.30. The molecule has 2 aromatic rings. The predicted molar refractivity (Wildman–Crippen MR) is 140 cm³/mol. The first-order valence-corrected chi connectivity index (χ1v) is 12.4. The molecule has 7 heteroatoms. The van der Waals surface area contributed by atoms with Crippen LogP contribution >= 0.6 is 11.9 Å². The number of benzene rings is 1. The Balaban J connectivity index is 0.000000442. The van der Waals surface area contributed by atoms with Crippen LogP contribution in [0.15, 0.2) is 72.4 Å². The lowest BCUT2D eigenvalue weighted by molar-refractivity contribution is 0.0773. The number of hydrogen-bond acceptors (Lipinski definition) is 7. The van der Waals surface area contributed by atoms with E-state index in [0.717, 1.165) is 43.1 Å². The molecule has 2 fully saturated rings. The van der Waals surface area contributed by atoms with E-state index in [9.17, 15) is 0 Å². The second-order valence-electron chi connectivity index (χ2n) is 7.96. The number of ether oxygens (including phenoxy) is 1. The average Bonchev–Trinajstić information content (AvgIpc) is 2.87. The zero-order valence-electron chi connectivity index (χ0n) is 19.3. The molecule has 1 aliphatic heterocycles. The van der Waals surface area contributed by atoms with Crippen LogP contribution in [0.25, 0.3) is 11.1 Å². The maximum absolute atomic E-state index is 6.15. The largest absolute Gasteiger partial charge is 0.383 e. The minimum Gasteiger partial charge on any atom is -0.383 e. The fraction of sp³-hybridized carbons (Fsp3) is 0.385. The van der Waals surface area contributed by atoms with E-state index in [0.29, 0.717) is 11.8 Å². The van der Waals surface area contributed by atoms with Crippen molar-refractivity contribution in [3.05, 3.63) is 67.5 Å². The number of nitrogens with two attached hydrogens (primary N) is 1. The van der Waals surface area contributed by atoms with Crippen LogP contribution in [0.3, 0.4) is 0 Å². The molecule has 1 saturated carbocycles. The first-order valence-electron chi connectivity index (χ1n) is 11.7. The highest BCUT2D eigenvalue weighted by atomic mass is 32.2. The van der Waals surface area contributed by atoms with Gasteiger partial charge in [-0.15, -0.1) is 0 Å². The summed E-state index contributed by atoms with van der Waals surface area (Å²) in [5, 5.41) is 3.05. The SMILES string of the molecule is C1CCCCC1.C=C/C=C(\C=C)Nc1ncc(-c2ccc(SN3CCOCC3)cc2)c(N)n1. The lowest BCUT2D eigenvalue weighted by Gasteiger charge is -2.25. The summed E-state index contributed by atoms with van der Waals surface area (Å²) in [6, 6.07) is 8.25. The van der Waals surface area contributed by atoms with E-state index in [2.05, 4.69) is 44.9 Å². The van der Waals surface area contributed by atoms with Crippen molar-refractivity contribution < 1.29 is 4.74 Å². The smallest absolute Gasteiger partial charge is 0.229 e. The molecule has 3 N–H and O–H groups in total. The summed E-state index contributed by atoms with van der Waals surface area (Å²) >= 11 is 1.75. The number of hydrogen-bond donors (Lipinski definition) is 2. The number of allylic oxidation sites excluding steroid dienone is 3. The fourth-order valence-corrected chi connectivity index (χ4v) is 4.53. The van der Waals surface area contributed by atoms with Crippen LogP contribution in [-0.2, 0) is 4.74 Å². The normalized spacial score (nSPS) is 16.9. The van der Waals surface area contributed by atoms with Crippen molar-refractivity contribution in [3.8, 4) is 11.1 Å². The number of aromatic nitrogens is 2. The molecule has 0 unspecified atom stereocenters. The quantitative estimate of drug-likeness (QED) is 0.379. The van der Waals surface area contributed by atoms with Gasteiger partial charge in [-0.3, -0.25) is 0 Å². The summed E-state index contributed by atoms with van der Waals surface area (Å²) < 4.78 is 7.69. The van der Waals surface area contributed by atoms with Crippen molar-refractivity contribution in [2.75, 3.05) is 37.4 Å². The van der Waals surface area contributed by atoms with Crippen molar-refractivity contribution in [1.29, 1.82) is 0 Å². The van der Waals surface area contributed by atoms with Crippen LogP contribution in [-0.4, -0.2) is 40.6 Å². The molecule has 0 radical (unpaired) electrons. The molecule has 176 valence electrons. The van der Waals surface area contributed by atoms with Gasteiger partial charge in [0.2, 0.25) is 5.95 Å². The molecule has 1 aromatic carbocycles. The number of rotatable bonds is 7. The van der Waals surface area contributed by atoms with E-state index in [1.807, 2.05) is 12.1 Å². The second kappa shape index (κ2) is 13.8. The van der Waals surface area contributed by atoms with E-state index in [4.69, 9.17) is 10.5 Å². The molecule has 1 aromatic heterocycles.